The second kappa shape index (κ2) is 6.63. The predicted molar refractivity (Wildman–Crippen MR) is 77.8 cm³/mol. The molecular formula is C14H18N2O2S. The molecule has 5 heteroatoms. The third kappa shape index (κ3) is 4.01. The van der Waals surface area contributed by atoms with E-state index in [0.717, 1.165) is 29.3 Å². The lowest BCUT2D eigenvalue weighted by Gasteiger charge is -2.06. The van der Waals surface area contributed by atoms with Gasteiger partial charge in [0.2, 0.25) is 0 Å². The van der Waals surface area contributed by atoms with E-state index in [4.69, 9.17) is 9.15 Å². The van der Waals surface area contributed by atoms with Crippen molar-refractivity contribution in [2.24, 2.45) is 0 Å². The molecule has 0 bridgehead atoms. The lowest BCUT2D eigenvalue weighted by atomic mass is 10.2. The molecule has 0 radical (unpaired) electrons. The molecule has 1 heterocycles. The molecule has 2 rings (SSSR count). The number of nitrogens with zero attached hydrogens (tertiary/aromatic N) is 2. The first-order valence-corrected chi connectivity index (χ1v) is 7.05. The molecule has 0 N–H and O–H groups in total. The van der Waals surface area contributed by atoms with Crippen LogP contribution in [0.1, 0.15) is 0 Å². The van der Waals surface area contributed by atoms with Crippen molar-refractivity contribution in [3.63, 3.8) is 0 Å². The molecular weight excluding hydrogens is 260 g/mol. The van der Waals surface area contributed by atoms with Crippen molar-refractivity contribution < 1.29 is 9.15 Å². The highest BCUT2D eigenvalue weighted by atomic mass is 32.2. The van der Waals surface area contributed by atoms with Crippen molar-refractivity contribution in [3.8, 4) is 17.0 Å². The van der Waals surface area contributed by atoms with Crippen molar-refractivity contribution in [1.29, 1.82) is 0 Å². The van der Waals surface area contributed by atoms with Gasteiger partial charge in [0.05, 0.1) is 7.11 Å². The van der Waals surface area contributed by atoms with E-state index in [1.165, 1.54) is 0 Å². The quantitative estimate of drug-likeness (QED) is 0.759. The van der Waals surface area contributed by atoms with Gasteiger partial charge in [0.25, 0.3) is 5.22 Å². The van der Waals surface area contributed by atoms with Crippen LogP contribution < -0.4 is 4.74 Å². The van der Waals surface area contributed by atoms with E-state index in [2.05, 4.69) is 24.0 Å². The molecule has 4 nitrogen and oxygen atoms in total. The van der Waals surface area contributed by atoms with E-state index in [1.807, 2.05) is 24.3 Å². The molecule has 0 saturated carbocycles. The minimum atomic E-state index is 0.715. The Balaban J connectivity index is 1.99. The number of ether oxygens (including phenoxy) is 1. The average molecular weight is 278 g/mol. The van der Waals surface area contributed by atoms with E-state index in [0.29, 0.717) is 5.22 Å². The summed E-state index contributed by atoms with van der Waals surface area (Å²) in [6, 6.07) is 7.79. The van der Waals surface area contributed by atoms with Crippen LogP contribution in [0.2, 0.25) is 0 Å². The largest absolute Gasteiger partial charge is 0.497 e. The monoisotopic (exact) mass is 278 g/mol. The Labute approximate surface area is 117 Å². The van der Waals surface area contributed by atoms with Crippen molar-refractivity contribution in [2.75, 3.05) is 33.5 Å². The minimum absolute atomic E-state index is 0.715. The average Bonchev–Trinajstić information content (AvgIpc) is 2.87. The number of hydrogen-bond acceptors (Lipinski definition) is 5. The lowest BCUT2D eigenvalue weighted by Crippen LogP contribution is -2.14. The Bertz CT molecular complexity index is 508. The zero-order chi connectivity index (χ0) is 13.7. The molecule has 1 aromatic carbocycles. The molecule has 0 aliphatic carbocycles. The summed E-state index contributed by atoms with van der Waals surface area (Å²) in [5, 5.41) is 0.715. The summed E-state index contributed by atoms with van der Waals surface area (Å²) in [5.74, 6) is 1.81. The molecule has 2 aromatic rings. The topological polar surface area (TPSA) is 38.5 Å². The van der Waals surface area contributed by atoms with Crippen molar-refractivity contribution in [1.82, 2.24) is 9.88 Å². The van der Waals surface area contributed by atoms with Gasteiger partial charge in [-0.15, -0.1) is 0 Å². The Morgan fingerprint density at radius 2 is 2.00 bits per heavy atom. The van der Waals surface area contributed by atoms with Gasteiger partial charge >= 0.3 is 0 Å². The second-order valence-corrected chi connectivity index (χ2v) is 5.43. The third-order valence-corrected chi connectivity index (χ3v) is 3.45. The SMILES string of the molecule is COc1ccc(-c2coc(SCCN(C)C)n2)cc1. The number of thioether (sulfide) groups is 1. The predicted octanol–water partition coefficient (Wildman–Crippen LogP) is 3.00. The first-order chi connectivity index (χ1) is 9.19. The number of aromatic nitrogens is 1. The van der Waals surface area contributed by atoms with E-state index < -0.39 is 0 Å². The van der Waals surface area contributed by atoms with Gasteiger partial charge in [-0.05, 0) is 38.4 Å². The summed E-state index contributed by atoms with van der Waals surface area (Å²) < 4.78 is 10.6. The fourth-order valence-corrected chi connectivity index (χ4v) is 2.44. The molecule has 1 aromatic heterocycles. The highest BCUT2D eigenvalue weighted by Gasteiger charge is 2.07. The van der Waals surface area contributed by atoms with E-state index in [1.54, 1.807) is 25.1 Å². The third-order valence-electron chi connectivity index (χ3n) is 2.63. The maximum atomic E-state index is 5.46. The van der Waals surface area contributed by atoms with Gasteiger partial charge in [-0.1, -0.05) is 11.8 Å². The van der Waals surface area contributed by atoms with Gasteiger partial charge in [-0.25, -0.2) is 4.98 Å². The van der Waals surface area contributed by atoms with Crippen molar-refractivity contribution in [2.45, 2.75) is 5.22 Å². The molecule has 0 spiro atoms. The van der Waals surface area contributed by atoms with E-state index in [-0.39, 0.29) is 0 Å². The van der Waals surface area contributed by atoms with Gasteiger partial charge in [-0.2, -0.15) is 0 Å². The number of hydrogen-bond donors (Lipinski definition) is 0. The Hall–Kier alpha value is -1.46. The maximum absolute atomic E-state index is 5.46. The number of oxazole rings is 1. The summed E-state index contributed by atoms with van der Waals surface area (Å²) in [6.45, 7) is 1.00. The van der Waals surface area contributed by atoms with Crippen LogP contribution in [0.4, 0.5) is 0 Å². The van der Waals surface area contributed by atoms with Gasteiger partial charge in [0.1, 0.15) is 17.7 Å². The second-order valence-electron chi connectivity index (χ2n) is 4.38. The lowest BCUT2D eigenvalue weighted by molar-refractivity contribution is 0.415. The standard InChI is InChI=1S/C14H18N2O2S/c1-16(2)8-9-19-14-15-13(10-18-14)11-4-6-12(17-3)7-5-11/h4-7,10H,8-9H2,1-3H3. The minimum Gasteiger partial charge on any atom is -0.497 e. The fourth-order valence-electron chi connectivity index (χ4n) is 1.53. The summed E-state index contributed by atoms with van der Waals surface area (Å²) in [7, 11) is 5.77. The number of rotatable bonds is 6. The maximum Gasteiger partial charge on any atom is 0.256 e. The Morgan fingerprint density at radius 1 is 1.26 bits per heavy atom. The molecule has 0 atom stereocenters. The molecule has 102 valence electrons. The highest BCUT2D eigenvalue weighted by molar-refractivity contribution is 7.99. The van der Waals surface area contributed by atoms with Crippen LogP contribution in [-0.4, -0.2) is 43.4 Å². The van der Waals surface area contributed by atoms with Crippen LogP contribution in [0, 0.1) is 0 Å². The van der Waals surface area contributed by atoms with Gasteiger partial charge in [-0.3, -0.25) is 0 Å². The smallest absolute Gasteiger partial charge is 0.256 e. The first kappa shape index (κ1) is 14.0. The molecule has 0 fully saturated rings. The summed E-state index contributed by atoms with van der Waals surface area (Å²) in [4.78, 5) is 6.61. The molecule has 19 heavy (non-hydrogen) atoms. The van der Waals surface area contributed by atoms with E-state index >= 15 is 0 Å². The number of methoxy groups -OCH3 is 1. The van der Waals surface area contributed by atoms with Crippen LogP contribution in [0.15, 0.2) is 40.2 Å². The first-order valence-electron chi connectivity index (χ1n) is 6.06. The van der Waals surface area contributed by atoms with Crippen LogP contribution in [-0.2, 0) is 0 Å². The zero-order valence-corrected chi connectivity index (χ0v) is 12.2. The van der Waals surface area contributed by atoms with Gasteiger partial charge < -0.3 is 14.1 Å². The zero-order valence-electron chi connectivity index (χ0n) is 11.4. The Kier molecular flexibility index (Phi) is 4.87. The molecule has 0 aliphatic heterocycles. The van der Waals surface area contributed by atoms with Crippen LogP contribution >= 0.6 is 11.8 Å². The van der Waals surface area contributed by atoms with Crippen LogP contribution in [0.5, 0.6) is 5.75 Å². The van der Waals surface area contributed by atoms with E-state index in [9.17, 15) is 0 Å². The molecule has 0 aliphatic rings. The fraction of sp³-hybridized carbons (Fsp3) is 0.357. The van der Waals surface area contributed by atoms with Crippen molar-refractivity contribution in [3.05, 3.63) is 30.5 Å². The molecule has 0 amide bonds. The van der Waals surface area contributed by atoms with Crippen LogP contribution in [0.25, 0.3) is 11.3 Å². The molecule has 0 unspecified atom stereocenters. The normalized spacial score (nSPS) is 10.9. The number of benzene rings is 1. The van der Waals surface area contributed by atoms with Gasteiger partial charge in [0, 0.05) is 17.9 Å². The summed E-state index contributed by atoms with van der Waals surface area (Å²) in [6.07, 6.45) is 1.69. The Morgan fingerprint density at radius 3 is 2.63 bits per heavy atom. The summed E-state index contributed by atoms with van der Waals surface area (Å²) >= 11 is 1.63. The van der Waals surface area contributed by atoms with Crippen LogP contribution in [0.3, 0.4) is 0 Å². The molecule has 0 saturated heterocycles. The van der Waals surface area contributed by atoms with Gasteiger partial charge in [0.15, 0.2) is 0 Å². The van der Waals surface area contributed by atoms with Crippen molar-refractivity contribution >= 4 is 11.8 Å². The highest BCUT2D eigenvalue weighted by Crippen LogP contribution is 2.25. The summed E-state index contributed by atoms with van der Waals surface area (Å²) in [5.41, 5.74) is 1.89.